The average Bonchev–Trinajstić information content (AvgIpc) is 2.22. The maximum Gasteiger partial charge on any atom is 0.143 e. The lowest BCUT2D eigenvalue weighted by Crippen LogP contribution is -2.41. The third-order valence-corrected chi connectivity index (χ3v) is 3.89. The second kappa shape index (κ2) is 5.83. The SMILES string of the molecule is Cc1cnc(N(CCCO)C2CCC2)c(Br)c1. The minimum absolute atomic E-state index is 0.243. The lowest BCUT2D eigenvalue weighted by Gasteiger charge is -2.39. The second-order valence-corrected chi connectivity index (χ2v) is 5.53. The van der Waals surface area contributed by atoms with Crippen LogP contribution in [0.15, 0.2) is 16.7 Å². The van der Waals surface area contributed by atoms with Crippen molar-refractivity contribution >= 4 is 21.7 Å². The van der Waals surface area contributed by atoms with Gasteiger partial charge in [-0.2, -0.15) is 0 Å². The summed E-state index contributed by atoms with van der Waals surface area (Å²) in [7, 11) is 0. The molecule has 0 radical (unpaired) electrons. The number of halogens is 1. The van der Waals surface area contributed by atoms with E-state index in [1.807, 2.05) is 13.1 Å². The molecule has 0 saturated heterocycles. The van der Waals surface area contributed by atoms with Crippen LogP contribution in [-0.4, -0.2) is 29.3 Å². The molecule has 94 valence electrons. The number of hydrogen-bond donors (Lipinski definition) is 1. The Balaban J connectivity index is 2.17. The van der Waals surface area contributed by atoms with Gasteiger partial charge in [0.15, 0.2) is 0 Å². The summed E-state index contributed by atoms with van der Waals surface area (Å²) in [4.78, 5) is 6.87. The minimum Gasteiger partial charge on any atom is -0.396 e. The number of anilines is 1. The van der Waals surface area contributed by atoms with Crippen LogP contribution in [0, 0.1) is 6.92 Å². The summed E-state index contributed by atoms with van der Waals surface area (Å²) in [6, 6.07) is 2.71. The Morgan fingerprint density at radius 1 is 1.53 bits per heavy atom. The van der Waals surface area contributed by atoms with Gasteiger partial charge in [-0.1, -0.05) is 0 Å². The zero-order valence-electron chi connectivity index (χ0n) is 10.2. The number of aliphatic hydroxyl groups is 1. The van der Waals surface area contributed by atoms with E-state index in [-0.39, 0.29) is 6.61 Å². The molecule has 2 rings (SSSR count). The predicted octanol–water partition coefficient (Wildman–Crippen LogP) is 2.89. The maximum atomic E-state index is 8.99. The van der Waals surface area contributed by atoms with Crippen molar-refractivity contribution in [2.45, 2.75) is 38.6 Å². The Labute approximate surface area is 111 Å². The zero-order valence-corrected chi connectivity index (χ0v) is 11.8. The normalized spacial score (nSPS) is 15.7. The van der Waals surface area contributed by atoms with Crippen molar-refractivity contribution in [1.29, 1.82) is 0 Å². The van der Waals surface area contributed by atoms with Gasteiger partial charge in [0.2, 0.25) is 0 Å². The van der Waals surface area contributed by atoms with E-state index in [1.165, 1.54) is 19.3 Å². The predicted molar refractivity (Wildman–Crippen MR) is 73.4 cm³/mol. The van der Waals surface area contributed by atoms with Gasteiger partial charge in [-0.3, -0.25) is 0 Å². The fourth-order valence-corrected chi connectivity index (χ4v) is 2.83. The van der Waals surface area contributed by atoms with E-state index in [0.717, 1.165) is 28.8 Å². The van der Waals surface area contributed by atoms with Crippen LogP contribution in [-0.2, 0) is 0 Å². The Morgan fingerprint density at radius 2 is 2.29 bits per heavy atom. The highest BCUT2D eigenvalue weighted by Gasteiger charge is 2.26. The Bertz CT molecular complexity index is 380. The first-order chi connectivity index (χ1) is 8.22. The standard InChI is InChI=1S/C13H19BrN2O/c1-10-8-12(14)13(15-9-10)16(6-3-7-17)11-4-2-5-11/h8-9,11,17H,2-7H2,1H3. The summed E-state index contributed by atoms with van der Waals surface area (Å²) >= 11 is 3.59. The number of hydrogen-bond acceptors (Lipinski definition) is 3. The highest BCUT2D eigenvalue weighted by Crippen LogP contribution is 2.32. The van der Waals surface area contributed by atoms with Crippen LogP contribution in [0.4, 0.5) is 5.82 Å². The topological polar surface area (TPSA) is 36.4 Å². The molecule has 0 unspecified atom stereocenters. The number of aliphatic hydroxyl groups excluding tert-OH is 1. The molecule has 3 nitrogen and oxygen atoms in total. The highest BCUT2D eigenvalue weighted by molar-refractivity contribution is 9.10. The highest BCUT2D eigenvalue weighted by atomic mass is 79.9. The van der Waals surface area contributed by atoms with E-state index in [2.05, 4.69) is 31.9 Å². The van der Waals surface area contributed by atoms with E-state index in [1.54, 1.807) is 0 Å². The Morgan fingerprint density at radius 3 is 2.82 bits per heavy atom. The monoisotopic (exact) mass is 298 g/mol. The summed E-state index contributed by atoms with van der Waals surface area (Å²) in [6.07, 6.45) is 6.51. The van der Waals surface area contributed by atoms with Crippen molar-refractivity contribution in [3.8, 4) is 0 Å². The number of aromatic nitrogens is 1. The molecule has 0 atom stereocenters. The quantitative estimate of drug-likeness (QED) is 0.908. The largest absolute Gasteiger partial charge is 0.396 e. The molecule has 1 N–H and O–H groups in total. The summed E-state index contributed by atoms with van der Waals surface area (Å²) in [5, 5.41) is 8.99. The third kappa shape index (κ3) is 2.99. The van der Waals surface area contributed by atoms with E-state index < -0.39 is 0 Å². The van der Waals surface area contributed by atoms with Crippen LogP contribution in [0.25, 0.3) is 0 Å². The van der Waals surface area contributed by atoms with Gasteiger partial charge in [0.05, 0.1) is 4.47 Å². The summed E-state index contributed by atoms with van der Waals surface area (Å²) < 4.78 is 1.06. The first-order valence-electron chi connectivity index (χ1n) is 6.22. The van der Waals surface area contributed by atoms with Gasteiger partial charge in [0.1, 0.15) is 5.82 Å². The molecule has 1 fully saturated rings. The molecule has 1 saturated carbocycles. The van der Waals surface area contributed by atoms with Gasteiger partial charge in [0.25, 0.3) is 0 Å². The van der Waals surface area contributed by atoms with Crippen molar-refractivity contribution < 1.29 is 5.11 Å². The lowest BCUT2D eigenvalue weighted by molar-refractivity contribution is 0.282. The van der Waals surface area contributed by atoms with Gasteiger partial charge < -0.3 is 10.0 Å². The molecule has 1 aliphatic rings. The van der Waals surface area contributed by atoms with E-state index in [9.17, 15) is 0 Å². The molecule has 1 aliphatic carbocycles. The molecule has 1 aromatic heterocycles. The number of pyridine rings is 1. The second-order valence-electron chi connectivity index (χ2n) is 4.67. The minimum atomic E-state index is 0.243. The fourth-order valence-electron chi connectivity index (χ4n) is 2.14. The van der Waals surface area contributed by atoms with Gasteiger partial charge in [0, 0.05) is 25.4 Å². The molecule has 1 heterocycles. The van der Waals surface area contributed by atoms with Crippen LogP contribution >= 0.6 is 15.9 Å². The maximum absolute atomic E-state index is 8.99. The van der Waals surface area contributed by atoms with Crippen molar-refractivity contribution in [3.63, 3.8) is 0 Å². The molecule has 1 aromatic rings. The number of aryl methyl sites for hydroxylation is 1. The van der Waals surface area contributed by atoms with Crippen LogP contribution in [0.1, 0.15) is 31.2 Å². The van der Waals surface area contributed by atoms with Crippen LogP contribution < -0.4 is 4.90 Å². The molecular weight excluding hydrogens is 280 g/mol. The molecule has 0 aromatic carbocycles. The van der Waals surface area contributed by atoms with E-state index in [0.29, 0.717) is 6.04 Å². The molecule has 0 aliphatic heterocycles. The summed E-state index contributed by atoms with van der Waals surface area (Å²) in [5.74, 6) is 1.02. The van der Waals surface area contributed by atoms with Crippen molar-refractivity contribution in [1.82, 2.24) is 4.98 Å². The van der Waals surface area contributed by atoms with Crippen LogP contribution in [0.5, 0.6) is 0 Å². The van der Waals surface area contributed by atoms with Gasteiger partial charge in [-0.25, -0.2) is 4.98 Å². The third-order valence-electron chi connectivity index (χ3n) is 3.30. The van der Waals surface area contributed by atoms with Crippen molar-refractivity contribution in [2.24, 2.45) is 0 Å². The van der Waals surface area contributed by atoms with Crippen molar-refractivity contribution in [2.75, 3.05) is 18.1 Å². The van der Waals surface area contributed by atoms with Crippen LogP contribution in [0.3, 0.4) is 0 Å². The first-order valence-corrected chi connectivity index (χ1v) is 7.01. The molecule has 0 spiro atoms. The number of rotatable bonds is 5. The molecule has 0 amide bonds. The van der Waals surface area contributed by atoms with Gasteiger partial charge in [-0.15, -0.1) is 0 Å². The fraction of sp³-hybridized carbons (Fsp3) is 0.615. The average molecular weight is 299 g/mol. The van der Waals surface area contributed by atoms with E-state index in [4.69, 9.17) is 5.11 Å². The molecule has 4 heteroatoms. The molecular formula is C13H19BrN2O. The zero-order chi connectivity index (χ0) is 12.3. The van der Waals surface area contributed by atoms with E-state index >= 15 is 0 Å². The summed E-state index contributed by atoms with van der Waals surface area (Å²) in [6.45, 7) is 3.17. The molecule has 0 bridgehead atoms. The van der Waals surface area contributed by atoms with Crippen LogP contribution in [0.2, 0.25) is 0 Å². The van der Waals surface area contributed by atoms with Crippen molar-refractivity contribution in [3.05, 3.63) is 22.3 Å². The molecule has 17 heavy (non-hydrogen) atoms. The summed E-state index contributed by atoms with van der Waals surface area (Å²) in [5.41, 5.74) is 1.16. The Kier molecular flexibility index (Phi) is 4.40. The smallest absolute Gasteiger partial charge is 0.143 e. The number of nitrogens with zero attached hydrogens (tertiary/aromatic N) is 2. The Hall–Kier alpha value is -0.610. The lowest BCUT2D eigenvalue weighted by atomic mass is 9.91. The van der Waals surface area contributed by atoms with Gasteiger partial charge in [-0.05, 0) is 60.2 Å². The first kappa shape index (κ1) is 12.8. The van der Waals surface area contributed by atoms with Gasteiger partial charge >= 0.3 is 0 Å².